The molecule has 2 aromatic carbocycles. The van der Waals surface area contributed by atoms with Gasteiger partial charge >= 0.3 is 0 Å². The predicted octanol–water partition coefficient (Wildman–Crippen LogP) is 3.89. The Hall–Kier alpha value is -3.59. The molecule has 162 valence electrons. The summed E-state index contributed by atoms with van der Waals surface area (Å²) in [5, 5.41) is 13.9. The highest BCUT2D eigenvalue weighted by molar-refractivity contribution is 5.94. The monoisotopic (exact) mass is 425 g/mol. The number of carbonyl (C=O) groups is 1. The minimum atomic E-state index is 0.0529. The van der Waals surface area contributed by atoms with Crippen molar-refractivity contribution in [3.63, 3.8) is 0 Å². The summed E-state index contributed by atoms with van der Waals surface area (Å²) in [5.41, 5.74) is 6.95. The molecule has 0 spiro atoms. The number of hydrogen-bond donors (Lipinski definition) is 0. The third kappa shape index (κ3) is 3.64. The summed E-state index contributed by atoms with van der Waals surface area (Å²) in [6, 6.07) is 18.1. The number of amides is 1. The van der Waals surface area contributed by atoms with Crippen LogP contribution < -0.4 is 4.90 Å². The Morgan fingerprint density at radius 3 is 2.56 bits per heavy atom. The third-order valence-electron chi connectivity index (χ3n) is 6.62. The van der Waals surface area contributed by atoms with Crippen LogP contribution in [-0.4, -0.2) is 46.8 Å². The van der Waals surface area contributed by atoms with E-state index in [9.17, 15) is 4.79 Å². The maximum atomic E-state index is 13.6. The van der Waals surface area contributed by atoms with Crippen molar-refractivity contribution in [1.29, 1.82) is 5.26 Å². The van der Waals surface area contributed by atoms with Crippen LogP contribution in [0.1, 0.15) is 45.7 Å². The first-order valence-electron chi connectivity index (χ1n) is 11.4. The van der Waals surface area contributed by atoms with Gasteiger partial charge in [-0.1, -0.05) is 18.2 Å². The number of fused-ring (bicyclic) bond motifs is 1. The topological polar surface area (TPSA) is 65.2 Å². The van der Waals surface area contributed by atoms with Crippen LogP contribution in [0.5, 0.6) is 0 Å². The molecule has 6 nitrogen and oxygen atoms in total. The van der Waals surface area contributed by atoms with Gasteiger partial charge in [0.2, 0.25) is 0 Å². The molecule has 1 saturated heterocycles. The summed E-state index contributed by atoms with van der Waals surface area (Å²) >= 11 is 0. The molecule has 1 aliphatic carbocycles. The zero-order valence-corrected chi connectivity index (χ0v) is 18.4. The first kappa shape index (κ1) is 20.3. The van der Waals surface area contributed by atoms with Crippen LogP contribution in [0.3, 0.4) is 0 Å². The van der Waals surface area contributed by atoms with Gasteiger partial charge in [-0.25, -0.2) is 4.68 Å². The predicted molar refractivity (Wildman–Crippen MR) is 124 cm³/mol. The number of aromatic nitrogens is 2. The second-order valence-electron chi connectivity index (χ2n) is 8.62. The lowest BCUT2D eigenvalue weighted by Gasteiger charge is -2.23. The molecule has 2 aliphatic rings. The Labute approximate surface area is 188 Å². The zero-order valence-electron chi connectivity index (χ0n) is 18.4. The van der Waals surface area contributed by atoms with Crippen molar-refractivity contribution in [2.24, 2.45) is 0 Å². The molecule has 6 heteroatoms. The third-order valence-corrected chi connectivity index (χ3v) is 6.62. The van der Waals surface area contributed by atoms with E-state index in [2.05, 4.69) is 30.0 Å². The summed E-state index contributed by atoms with van der Waals surface area (Å²) in [7, 11) is 0. The van der Waals surface area contributed by atoms with E-state index in [0.29, 0.717) is 17.8 Å². The summed E-state index contributed by atoms with van der Waals surface area (Å²) in [5.74, 6) is 0.0529. The van der Waals surface area contributed by atoms with E-state index >= 15 is 0 Å². The van der Waals surface area contributed by atoms with Crippen LogP contribution in [0.4, 0.5) is 5.69 Å². The molecule has 32 heavy (non-hydrogen) atoms. The fraction of sp³-hybridized carbons (Fsp3) is 0.346. The Kier molecular flexibility index (Phi) is 5.40. The van der Waals surface area contributed by atoms with Crippen LogP contribution in [-0.2, 0) is 12.8 Å². The SMILES string of the molecule is Cc1ccccc1-n1nc(C(=O)N2CCCN(c3ccc(C#N)cc3)CC2)c2c1CCC2. The molecule has 2 heterocycles. The van der Waals surface area contributed by atoms with E-state index in [1.807, 2.05) is 46.0 Å². The summed E-state index contributed by atoms with van der Waals surface area (Å²) < 4.78 is 2.01. The summed E-state index contributed by atoms with van der Waals surface area (Å²) in [6.45, 7) is 5.17. The molecule has 0 unspecified atom stereocenters. The minimum Gasteiger partial charge on any atom is -0.370 e. The molecule has 3 aromatic rings. The average Bonchev–Trinajstić information content (AvgIpc) is 3.34. The highest BCUT2D eigenvalue weighted by Gasteiger charge is 2.30. The average molecular weight is 426 g/mol. The standard InChI is InChI=1S/C26H27N5O/c1-19-6-2-3-8-23(19)31-24-9-4-7-22(24)25(28-31)26(32)30-15-5-14-29(16-17-30)21-12-10-20(18-27)11-13-21/h2-3,6,8,10-13H,4-5,7,9,14-17H2,1H3. The first-order chi connectivity index (χ1) is 15.7. The zero-order chi connectivity index (χ0) is 22.1. The van der Waals surface area contributed by atoms with E-state index in [-0.39, 0.29) is 5.91 Å². The van der Waals surface area contributed by atoms with E-state index in [1.165, 1.54) is 5.69 Å². The lowest BCUT2D eigenvalue weighted by molar-refractivity contribution is 0.0759. The molecular formula is C26H27N5O. The van der Waals surface area contributed by atoms with E-state index in [1.54, 1.807) is 0 Å². The van der Waals surface area contributed by atoms with Crippen LogP contribution in [0, 0.1) is 18.3 Å². The number of para-hydroxylation sites is 1. The van der Waals surface area contributed by atoms with E-state index in [4.69, 9.17) is 10.4 Å². The van der Waals surface area contributed by atoms with Crippen LogP contribution >= 0.6 is 0 Å². The number of nitrogens with zero attached hydrogens (tertiary/aromatic N) is 5. The largest absolute Gasteiger partial charge is 0.370 e. The second kappa shape index (κ2) is 8.51. The van der Waals surface area contributed by atoms with Crippen molar-refractivity contribution in [3.05, 3.63) is 76.6 Å². The van der Waals surface area contributed by atoms with Gasteiger partial charge in [0.15, 0.2) is 5.69 Å². The molecule has 0 bridgehead atoms. The second-order valence-corrected chi connectivity index (χ2v) is 8.62. The van der Waals surface area contributed by atoms with Crippen molar-refractivity contribution >= 4 is 11.6 Å². The van der Waals surface area contributed by atoms with Gasteiger partial charge in [0.1, 0.15) is 0 Å². The van der Waals surface area contributed by atoms with Gasteiger partial charge < -0.3 is 9.80 Å². The Morgan fingerprint density at radius 2 is 1.78 bits per heavy atom. The Morgan fingerprint density at radius 1 is 0.969 bits per heavy atom. The van der Waals surface area contributed by atoms with Crippen molar-refractivity contribution in [2.45, 2.75) is 32.6 Å². The highest BCUT2D eigenvalue weighted by atomic mass is 16.2. The van der Waals surface area contributed by atoms with Gasteiger partial charge in [0.05, 0.1) is 17.3 Å². The Balaban J connectivity index is 1.37. The normalized spacial score (nSPS) is 15.9. The van der Waals surface area contributed by atoms with Gasteiger partial charge in [0.25, 0.3) is 5.91 Å². The van der Waals surface area contributed by atoms with E-state index < -0.39 is 0 Å². The molecule has 5 rings (SSSR count). The number of nitriles is 1. The fourth-order valence-electron chi connectivity index (χ4n) is 4.88. The minimum absolute atomic E-state index is 0.0529. The van der Waals surface area contributed by atoms with Crippen LogP contribution in [0.25, 0.3) is 5.69 Å². The molecule has 0 saturated carbocycles. The van der Waals surface area contributed by atoms with Gasteiger partial charge in [0, 0.05) is 43.1 Å². The van der Waals surface area contributed by atoms with Gasteiger partial charge in [-0.2, -0.15) is 10.4 Å². The Bertz CT molecular complexity index is 1190. The smallest absolute Gasteiger partial charge is 0.274 e. The van der Waals surface area contributed by atoms with Gasteiger partial charge in [-0.3, -0.25) is 4.79 Å². The number of anilines is 1. The summed E-state index contributed by atoms with van der Waals surface area (Å²) in [4.78, 5) is 17.8. The van der Waals surface area contributed by atoms with Crippen molar-refractivity contribution in [3.8, 4) is 11.8 Å². The number of hydrogen-bond acceptors (Lipinski definition) is 4. The van der Waals surface area contributed by atoms with Crippen molar-refractivity contribution < 1.29 is 4.79 Å². The molecular weight excluding hydrogens is 398 g/mol. The molecule has 0 atom stereocenters. The van der Waals surface area contributed by atoms with Crippen molar-refractivity contribution in [1.82, 2.24) is 14.7 Å². The van der Waals surface area contributed by atoms with Crippen LogP contribution in [0.2, 0.25) is 0 Å². The molecule has 0 radical (unpaired) electrons. The summed E-state index contributed by atoms with van der Waals surface area (Å²) in [6.07, 6.45) is 3.88. The lowest BCUT2D eigenvalue weighted by atomic mass is 10.1. The van der Waals surface area contributed by atoms with Crippen molar-refractivity contribution in [2.75, 3.05) is 31.1 Å². The maximum Gasteiger partial charge on any atom is 0.274 e. The number of carbonyl (C=O) groups excluding carboxylic acids is 1. The number of benzene rings is 2. The highest BCUT2D eigenvalue weighted by Crippen LogP contribution is 2.30. The molecule has 0 N–H and O–H groups in total. The van der Waals surface area contributed by atoms with Crippen LogP contribution in [0.15, 0.2) is 48.5 Å². The maximum absolute atomic E-state index is 13.6. The molecule has 1 aliphatic heterocycles. The molecule has 1 aromatic heterocycles. The number of aryl methyl sites for hydroxylation is 1. The lowest BCUT2D eigenvalue weighted by Crippen LogP contribution is -2.36. The molecule has 1 fully saturated rings. The van der Waals surface area contributed by atoms with E-state index in [0.717, 1.165) is 67.8 Å². The quantitative estimate of drug-likeness (QED) is 0.639. The fourth-order valence-corrected chi connectivity index (χ4v) is 4.88. The first-order valence-corrected chi connectivity index (χ1v) is 11.4. The van der Waals surface area contributed by atoms with Gasteiger partial charge in [-0.15, -0.1) is 0 Å². The number of rotatable bonds is 3. The molecule has 1 amide bonds. The van der Waals surface area contributed by atoms with Gasteiger partial charge in [-0.05, 0) is 68.5 Å².